The van der Waals surface area contributed by atoms with Crippen molar-refractivity contribution in [1.29, 1.82) is 0 Å². The lowest BCUT2D eigenvalue weighted by Crippen LogP contribution is -2.47. The molecule has 3 heterocycles. The van der Waals surface area contributed by atoms with Crippen molar-refractivity contribution in [2.45, 2.75) is 56.5 Å². The van der Waals surface area contributed by atoms with E-state index in [1.165, 1.54) is 22.8 Å². The zero-order valence-corrected chi connectivity index (χ0v) is 37.3. The number of anilines is 1. The van der Waals surface area contributed by atoms with Crippen molar-refractivity contribution in [1.82, 2.24) is 14.6 Å². The van der Waals surface area contributed by atoms with Gasteiger partial charge in [0.1, 0.15) is 23.8 Å². The molecule has 0 spiro atoms. The molecule has 3 aliphatic rings. The minimum atomic E-state index is -4.69. The Hall–Kier alpha value is -5.19. The van der Waals surface area contributed by atoms with Gasteiger partial charge in [-0.15, -0.1) is 0 Å². The zero-order valence-electron chi connectivity index (χ0n) is 34.9. The van der Waals surface area contributed by atoms with Crippen LogP contribution in [0.5, 0.6) is 17.2 Å². The van der Waals surface area contributed by atoms with E-state index in [0.29, 0.717) is 39.8 Å². The molecule has 1 aliphatic carbocycles. The minimum absolute atomic E-state index is 0.0561. The number of allylic oxidation sites excluding steroid dienone is 1. The molecule has 1 amide bonds. The molecule has 332 valence electrons. The molecule has 2 saturated heterocycles. The number of carbonyl (C=O) groups is 1. The second-order valence-electron chi connectivity index (χ2n) is 17.2. The van der Waals surface area contributed by atoms with Crippen LogP contribution in [0.3, 0.4) is 0 Å². The van der Waals surface area contributed by atoms with E-state index in [1.54, 1.807) is 30.5 Å². The van der Waals surface area contributed by atoms with Crippen molar-refractivity contribution in [2.75, 3.05) is 57.4 Å². The maximum Gasteiger partial charge on any atom is 0.312 e. The van der Waals surface area contributed by atoms with Gasteiger partial charge in [-0.1, -0.05) is 60.8 Å². The Morgan fingerprint density at radius 3 is 2.43 bits per heavy atom. The van der Waals surface area contributed by atoms with E-state index in [-0.39, 0.29) is 48.5 Å². The number of ether oxygens (including phenoxy) is 3. The molecule has 4 aromatic carbocycles. The Morgan fingerprint density at radius 1 is 0.952 bits per heavy atom. The molecule has 0 atom stereocenters. The zero-order chi connectivity index (χ0) is 44.5. The number of nitrogens with one attached hydrogen (secondary N) is 2. The fourth-order valence-corrected chi connectivity index (χ4v) is 9.81. The molecule has 2 N–H and O–H groups in total. The SMILES string of the molecule is CC1(C)CCC(CN2CCN(c3ccc(C(=O)NS(=O)(=O)c4ccc(OCC5(F)CCOCC5)c([N+](=O)[O-])c4)c(Oc4cccc5[nH]cc(Cl)c45)c3)CC2)=C(c2ccc(Cl)cc2)C1. The lowest BCUT2D eigenvalue weighted by Gasteiger charge is -2.39. The number of nitro groups is 1. The van der Waals surface area contributed by atoms with Gasteiger partial charge < -0.3 is 24.1 Å². The van der Waals surface area contributed by atoms with Crippen LogP contribution in [-0.2, 0) is 14.8 Å². The van der Waals surface area contributed by atoms with Crippen LogP contribution >= 0.6 is 23.2 Å². The van der Waals surface area contributed by atoms with E-state index < -0.39 is 43.7 Å². The van der Waals surface area contributed by atoms with Gasteiger partial charge in [-0.3, -0.25) is 19.8 Å². The number of fused-ring (bicyclic) bond motifs is 1. The third-order valence-electron chi connectivity index (χ3n) is 12.1. The van der Waals surface area contributed by atoms with Gasteiger partial charge in [0.05, 0.1) is 31.3 Å². The molecule has 0 unspecified atom stereocenters. The molecule has 17 heteroatoms. The largest absolute Gasteiger partial charge is 0.483 e. The van der Waals surface area contributed by atoms with Gasteiger partial charge >= 0.3 is 5.69 Å². The molecule has 2 aliphatic heterocycles. The Balaban J connectivity index is 1.02. The van der Waals surface area contributed by atoms with Gasteiger partial charge in [0.25, 0.3) is 15.9 Å². The van der Waals surface area contributed by atoms with Crippen LogP contribution in [0.15, 0.2) is 95.5 Å². The normalized spacial score (nSPS) is 18.0. The number of H-pyrrole nitrogens is 1. The van der Waals surface area contributed by atoms with Crippen molar-refractivity contribution in [3.63, 3.8) is 0 Å². The number of carbonyl (C=O) groups excluding carboxylic acids is 1. The number of nitrogens with zero attached hydrogens (tertiary/aromatic N) is 3. The van der Waals surface area contributed by atoms with E-state index in [2.05, 4.69) is 45.5 Å². The quantitative estimate of drug-likeness (QED) is 0.0861. The summed E-state index contributed by atoms with van der Waals surface area (Å²) in [6.45, 7) is 8.35. The van der Waals surface area contributed by atoms with Crippen LogP contribution in [0.25, 0.3) is 16.5 Å². The highest BCUT2D eigenvalue weighted by Gasteiger charge is 2.35. The lowest BCUT2D eigenvalue weighted by molar-refractivity contribution is -0.386. The van der Waals surface area contributed by atoms with Gasteiger partial charge in [0, 0.05) is 87.8 Å². The van der Waals surface area contributed by atoms with Crippen molar-refractivity contribution in [3.05, 3.63) is 122 Å². The first-order valence-corrected chi connectivity index (χ1v) is 23.1. The highest BCUT2D eigenvalue weighted by molar-refractivity contribution is 7.90. The van der Waals surface area contributed by atoms with E-state index in [0.717, 1.165) is 62.8 Å². The first kappa shape index (κ1) is 44.4. The Kier molecular flexibility index (Phi) is 12.8. The number of amides is 1. The molecule has 0 saturated carbocycles. The summed E-state index contributed by atoms with van der Waals surface area (Å²) < 4.78 is 61.8. The van der Waals surface area contributed by atoms with Crippen LogP contribution in [0, 0.1) is 15.5 Å². The second kappa shape index (κ2) is 18.1. The molecule has 1 aromatic heterocycles. The van der Waals surface area contributed by atoms with Crippen molar-refractivity contribution in [3.8, 4) is 17.2 Å². The number of nitro benzene ring substituents is 1. The molecule has 63 heavy (non-hydrogen) atoms. The van der Waals surface area contributed by atoms with E-state index >= 15 is 4.39 Å². The summed E-state index contributed by atoms with van der Waals surface area (Å²) >= 11 is 12.8. The molecule has 5 aromatic rings. The van der Waals surface area contributed by atoms with Crippen LogP contribution in [-0.4, -0.2) is 87.3 Å². The minimum Gasteiger partial charge on any atom is -0.483 e. The van der Waals surface area contributed by atoms with Crippen LogP contribution in [0.4, 0.5) is 15.8 Å². The summed E-state index contributed by atoms with van der Waals surface area (Å²) in [6.07, 6.45) is 4.87. The summed E-state index contributed by atoms with van der Waals surface area (Å²) in [7, 11) is -4.69. The molecule has 0 bridgehead atoms. The standard InChI is InChI=1S/C46H48Cl2FN5O8S/c1-45(2)15-14-31(36(26-45)30-6-8-32(47)9-7-30)28-52-18-20-53(21-19-52)33-10-12-35(42(24-33)62-41-5-3-4-38-43(41)37(48)27-50-38)44(55)51-63(58,59)34-11-13-40(39(25-34)54(56)57)61-29-46(49)16-22-60-23-17-46/h3-13,24-25,27,50H,14-23,26,28-29H2,1-2H3,(H,51,55). The molecule has 8 rings (SSSR count). The summed E-state index contributed by atoms with van der Waals surface area (Å²) in [5.41, 5.74) is 3.15. The number of alkyl halides is 1. The monoisotopic (exact) mass is 919 g/mol. The Bertz CT molecular complexity index is 2680. The van der Waals surface area contributed by atoms with Gasteiger partial charge in [-0.25, -0.2) is 17.5 Å². The fourth-order valence-electron chi connectivity index (χ4n) is 8.45. The first-order chi connectivity index (χ1) is 30.1. The fraction of sp³-hybridized carbons (Fsp3) is 0.370. The summed E-state index contributed by atoms with van der Waals surface area (Å²) in [4.78, 5) is 32.4. The lowest BCUT2D eigenvalue weighted by atomic mass is 9.72. The Labute approximate surface area is 375 Å². The molecule has 2 fully saturated rings. The highest BCUT2D eigenvalue weighted by Crippen LogP contribution is 2.44. The van der Waals surface area contributed by atoms with Crippen molar-refractivity contribution < 1.29 is 36.7 Å². The number of rotatable bonds is 13. The predicted octanol–water partition coefficient (Wildman–Crippen LogP) is 9.98. The van der Waals surface area contributed by atoms with Crippen LogP contribution < -0.4 is 19.1 Å². The van der Waals surface area contributed by atoms with Gasteiger partial charge in [-0.05, 0) is 84.3 Å². The van der Waals surface area contributed by atoms with Crippen LogP contribution in [0.1, 0.15) is 61.9 Å². The molecular formula is C46H48Cl2FN5O8S. The number of aromatic nitrogens is 1. The average Bonchev–Trinajstić information content (AvgIpc) is 3.65. The third kappa shape index (κ3) is 10.1. The van der Waals surface area contributed by atoms with Crippen molar-refractivity contribution in [2.24, 2.45) is 5.41 Å². The van der Waals surface area contributed by atoms with Gasteiger partial charge in [-0.2, -0.15) is 0 Å². The second-order valence-corrected chi connectivity index (χ2v) is 19.7. The number of hydrogen-bond donors (Lipinski definition) is 2. The van der Waals surface area contributed by atoms with E-state index in [4.69, 9.17) is 37.4 Å². The number of benzene rings is 4. The number of piperazine rings is 1. The molecule has 0 radical (unpaired) electrons. The highest BCUT2D eigenvalue weighted by atomic mass is 35.5. The van der Waals surface area contributed by atoms with Crippen LogP contribution in [0.2, 0.25) is 10.0 Å². The smallest absolute Gasteiger partial charge is 0.312 e. The first-order valence-electron chi connectivity index (χ1n) is 20.8. The number of sulfonamides is 1. The Morgan fingerprint density at radius 2 is 1.70 bits per heavy atom. The van der Waals surface area contributed by atoms with Gasteiger partial charge in [0.15, 0.2) is 5.75 Å². The van der Waals surface area contributed by atoms with E-state index in [1.807, 2.05) is 18.2 Å². The maximum atomic E-state index is 15.2. The number of hydrogen-bond acceptors (Lipinski definition) is 10. The van der Waals surface area contributed by atoms with Crippen molar-refractivity contribution >= 4 is 67.0 Å². The average molecular weight is 921 g/mol. The van der Waals surface area contributed by atoms with Gasteiger partial charge in [0.2, 0.25) is 0 Å². The summed E-state index contributed by atoms with van der Waals surface area (Å²) in [5.74, 6) is -0.939. The molecule has 13 nitrogen and oxygen atoms in total. The molecular weight excluding hydrogens is 873 g/mol. The number of aromatic amines is 1. The summed E-state index contributed by atoms with van der Waals surface area (Å²) in [6, 6.07) is 21.2. The topological polar surface area (TPSA) is 156 Å². The maximum absolute atomic E-state index is 15.2. The summed E-state index contributed by atoms with van der Waals surface area (Å²) in [5, 5.41) is 13.7. The predicted molar refractivity (Wildman–Crippen MR) is 242 cm³/mol. The number of halogens is 3. The third-order valence-corrected chi connectivity index (χ3v) is 14.0. The van der Waals surface area contributed by atoms with E-state index in [9.17, 15) is 23.3 Å².